The van der Waals surface area contributed by atoms with E-state index in [-0.39, 0.29) is 0 Å². The van der Waals surface area contributed by atoms with Crippen LogP contribution in [0.15, 0.2) is 0 Å². The maximum atomic E-state index is 10.3. The number of ether oxygens (including phenoxy) is 1. The van der Waals surface area contributed by atoms with Crippen molar-refractivity contribution in [3.63, 3.8) is 0 Å². The molecule has 0 aromatic rings. The van der Waals surface area contributed by atoms with Crippen LogP contribution in [0.25, 0.3) is 0 Å². The first-order valence-electron chi connectivity index (χ1n) is 5.83. The van der Waals surface area contributed by atoms with E-state index in [0.717, 1.165) is 26.3 Å². The first-order valence-corrected chi connectivity index (χ1v) is 5.83. The number of hydrogen-bond acceptors (Lipinski definition) is 6. The summed E-state index contributed by atoms with van der Waals surface area (Å²) in [4.78, 5) is 32.8. The summed E-state index contributed by atoms with van der Waals surface area (Å²) in [6, 6.07) is 0. The van der Waals surface area contributed by atoms with Gasteiger partial charge in [0, 0.05) is 13.1 Å². The minimum absolute atomic E-state index is 0.913. The summed E-state index contributed by atoms with van der Waals surface area (Å²) in [6.07, 6.45) is -2.29. The molecule has 0 spiro atoms. The van der Waals surface area contributed by atoms with Crippen molar-refractivity contribution >= 4 is 17.9 Å². The zero-order chi connectivity index (χ0) is 15.8. The highest BCUT2D eigenvalue weighted by atomic mass is 16.5. The molecule has 9 nitrogen and oxygen atoms in total. The molecule has 0 aliphatic carbocycles. The van der Waals surface area contributed by atoms with Crippen molar-refractivity contribution in [2.45, 2.75) is 18.4 Å². The van der Waals surface area contributed by atoms with Crippen LogP contribution < -0.4 is 0 Å². The summed E-state index contributed by atoms with van der Waals surface area (Å²) in [6.45, 7) is 4.02. The number of carbonyl (C=O) groups is 3. The number of aliphatic hydroxyl groups is 1. The maximum Gasteiger partial charge on any atom is 0.336 e. The number of nitrogens with zero attached hydrogens (tertiary/aromatic N) is 1. The van der Waals surface area contributed by atoms with Gasteiger partial charge in [0.15, 0.2) is 5.60 Å². The van der Waals surface area contributed by atoms with Gasteiger partial charge in [-0.25, -0.2) is 4.79 Å². The van der Waals surface area contributed by atoms with Crippen LogP contribution in [-0.2, 0) is 19.1 Å². The fraction of sp³-hybridized carbons (Fsp3) is 0.727. The van der Waals surface area contributed by atoms with Crippen LogP contribution in [0.4, 0.5) is 0 Å². The minimum atomic E-state index is -2.74. The Hall–Kier alpha value is -1.71. The van der Waals surface area contributed by atoms with Gasteiger partial charge in [0.1, 0.15) is 0 Å². The summed E-state index contributed by atoms with van der Waals surface area (Å²) in [5.74, 6) is -5.02. The fourth-order valence-corrected chi connectivity index (χ4v) is 1.37. The highest BCUT2D eigenvalue weighted by Gasteiger charge is 2.40. The Bertz CT molecular complexity index is 334. The van der Waals surface area contributed by atoms with Crippen molar-refractivity contribution < 1.29 is 39.5 Å². The molecule has 1 aliphatic heterocycles. The number of carboxylic acid groups (broad SMARTS) is 3. The normalized spacial score (nSPS) is 15.9. The molecule has 1 rings (SSSR count). The van der Waals surface area contributed by atoms with E-state index in [1.165, 1.54) is 0 Å². The third kappa shape index (κ3) is 7.67. The van der Waals surface area contributed by atoms with Gasteiger partial charge in [-0.15, -0.1) is 0 Å². The number of carboxylic acids is 3. The molecular weight excluding hydrogens is 274 g/mol. The van der Waals surface area contributed by atoms with E-state index in [0.29, 0.717) is 0 Å². The van der Waals surface area contributed by atoms with Crippen molar-refractivity contribution in [3.8, 4) is 0 Å². The molecule has 0 radical (unpaired) electrons. The van der Waals surface area contributed by atoms with Crippen molar-refractivity contribution in [1.29, 1.82) is 0 Å². The zero-order valence-corrected chi connectivity index (χ0v) is 11.1. The van der Waals surface area contributed by atoms with Gasteiger partial charge in [-0.1, -0.05) is 0 Å². The average Bonchev–Trinajstić information content (AvgIpc) is 2.28. The molecule has 20 heavy (non-hydrogen) atoms. The molecule has 1 saturated heterocycles. The van der Waals surface area contributed by atoms with Crippen LogP contribution in [0.5, 0.6) is 0 Å². The summed E-state index contributed by atoms with van der Waals surface area (Å²) < 4.78 is 5.10. The molecule has 4 N–H and O–H groups in total. The molecule has 0 amide bonds. The highest BCUT2D eigenvalue weighted by Crippen LogP contribution is 2.15. The summed E-state index contributed by atoms with van der Waals surface area (Å²) in [5.41, 5.74) is -2.74. The Morgan fingerprint density at radius 2 is 1.45 bits per heavy atom. The number of rotatable bonds is 5. The second-order valence-corrected chi connectivity index (χ2v) is 4.39. The lowest BCUT2D eigenvalue weighted by molar-refractivity contribution is -0.170. The molecule has 0 unspecified atom stereocenters. The monoisotopic (exact) mass is 293 g/mol. The minimum Gasteiger partial charge on any atom is -0.481 e. The third-order valence-electron chi connectivity index (χ3n) is 2.52. The predicted octanol–water partition coefficient (Wildman–Crippen LogP) is -1.30. The Morgan fingerprint density at radius 1 is 1.05 bits per heavy atom. The number of morpholine rings is 1. The third-order valence-corrected chi connectivity index (χ3v) is 2.52. The first kappa shape index (κ1) is 18.3. The van der Waals surface area contributed by atoms with E-state index in [4.69, 9.17) is 25.2 Å². The predicted molar refractivity (Wildman–Crippen MR) is 65.4 cm³/mol. The van der Waals surface area contributed by atoms with E-state index in [1.807, 2.05) is 0 Å². The van der Waals surface area contributed by atoms with E-state index in [1.54, 1.807) is 0 Å². The van der Waals surface area contributed by atoms with Gasteiger partial charge in [0.25, 0.3) is 0 Å². The Labute approximate surface area is 115 Å². The molecule has 0 bridgehead atoms. The number of aliphatic carboxylic acids is 3. The van der Waals surface area contributed by atoms with E-state index >= 15 is 0 Å². The molecule has 0 aromatic carbocycles. The Balaban J connectivity index is 0.000000428. The van der Waals surface area contributed by atoms with E-state index in [9.17, 15) is 14.4 Å². The van der Waals surface area contributed by atoms with Crippen LogP contribution in [0.1, 0.15) is 12.8 Å². The lowest BCUT2D eigenvalue weighted by atomic mass is 9.96. The molecular formula is C11H19NO8. The molecule has 0 aromatic heterocycles. The lowest BCUT2D eigenvalue weighted by Gasteiger charge is -2.21. The molecule has 1 aliphatic rings. The number of likely N-dealkylation sites (N-methyl/N-ethyl adjacent to an activating group) is 1. The van der Waals surface area contributed by atoms with Gasteiger partial charge in [-0.2, -0.15) is 0 Å². The molecule has 0 saturated carbocycles. The standard InChI is InChI=1S/C6H8O7.C5H11NO/c7-3(8)1-6(13,5(11)12)2-4(9)10;1-6-2-4-7-5-3-6/h13H,1-2H2,(H,7,8)(H,9,10)(H,11,12);2-5H2,1H3. The van der Waals surface area contributed by atoms with E-state index < -0.39 is 36.4 Å². The molecule has 9 heteroatoms. The van der Waals surface area contributed by atoms with E-state index in [2.05, 4.69) is 11.9 Å². The number of hydrogen-bond donors (Lipinski definition) is 4. The molecule has 116 valence electrons. The topological polar surface area (TPSA) is 145 Å². The zero-order valence-electron chi connectivity index (χ0n) is 11.1. The highest BCUT2D eigenvalue weighted by molar-refractivity contribution is 5.88. The summed E-state index contributed by atoms with van der Waals surface area (Å²) in [7, 11) is 2.11. The quantitative estimate of drug-likeness (QED) is 0.486. The van der Waals surface area contributed by atoms with Crippen molar-refractivity contribution in [2.75, 3.05) is 33.4 Å². The smallest absolute Gasteiger partial charge is 0.336 e. The SMILES string of the molecule is CN1CCOCC1.O=C(O)CC(O)(CC(=O)O)C(=O)O. The maximum absolute atomic E-state index is 10.3. The van der Waals surface area contributed by atoms with Gasteiger partial charge in [-0.05, 0) is 7.05 Å². The Morgan fingerprint density at radius 3 is 1.65 bits per heavy atom. The van der Waals surface area contributed by atoms with Crippen LogP contribution in [0.2, 0.25) is 0 Å². The van der Waals surface area contributed by atoms with Crippen LogP contribution in [0.3, 0.4) is 0 Å². The molecule has 1 fully saturated rings. The van der Waals surface area contributed by atoms with Gasteiger partial charge >= 0.3 is 17.9 Å². The van der Waals surface area contributed by atoms with Crippen LogP contribution >= 0.6 is 0 Å². The van der Waals surface area contributed by atoms with Crippen LogP contribution in [0, 0.1) is 0 Å². The van der Waals surface area contributed by atoms with Crippen molar-refractivity contribution in [1.82, 2.24) is 4.90 Å². The van der Waals surface area contributed by atoms with Gasteiger partial charge in [0.05, 0.1) is 26.1 Å². The fourth-order valence-electron chi connectivity index (χ4n) is 1.37. The Kier molecular flexibility index (Phi) is 7.74. The molecule has 1 heterocycles. The average molecular weight is 293 g/mol. The van der Waals surface area contributed by atoms with Gasteiger partial charge in [0.2, 0.25) is 0 Å². The largest absolute Gasteiger partial charge is 0.481 e. The summed E-state index contributed by atoms with van der Waals surface area (Å²) >= 11 is 0. The second kappa shape index (κ2) is 8.46. The molecule has 0 atom stereocenters. The summed E-state index contributed by atoms with van der Waals surface area (Å²) in [5, 5.41) is 33.8. The van der Waals surface area contributed by atoms with Crippen molar-refractivity contribution in [2.24, 2.45) is 0 Å². The van der Waals surface area contributed by atoms with Gasteiger partial charge < -0.3 is 30.1 Å². The van der Waals surface area contributed by atoms with Crippen molar-refractivity contribution in [3.05, 3.63) is 0 Å². The second-order valence-electron chi connectivity index (χ2n) is 4.39. The first-order chi connectivity index (χ1) is 9.17. The lowest BCUT2D eigenvalue weighted by Crippen LogP contribution is -2.42. The van der Waals surface area contributed by atoms with Gasteiger partial charge in [-0.3, -0.25) is 9.59 Å². The van der Waals surface area contributed by atoms with Crippen LogP contribution in [-0.4, -0.2) is 82.2 Å².